The van der Waals surface area contributed by atoms with Crippen molar-refractivity contribution in [1.29, 1.82) is 0 Å². The number of hydrogen-bond donors (Lipinski definition) is 1. The molecule has 98 valence electrons. The van der Waals surface area contributed by atoms with E-state index < -0.39 is 0 Å². The van der Waals surface area contributed by atoms with Crippen molar-refractivity contribution < 1.29 is 4.79 Å². The van der Waals surface area contributed by atoms with Gasteiger partial charge in [-0.3, -0.25) is 9.69 Å². The summed E-state index contributed by atoms with van der Waals surface area (Å²) in [7, 11) is 0. The van der Waals surface area contributed by atoms with E-state index in [1.807, 2.05) is 4.90 Å². The van der Waals surface area contributed by atoms with Gasteiger partial charge in [0, 0.05) is 25.7 Å². The molecule has 4 heteroatoms. The fraction of sp³-hybridized carbons (Fsp3) is 0.923. The Labute approximate surface area is 104 Å². The summed E-state index contributed by atoms with van der Waals surface area (Å²) in [5.74, 6) is 0.310. The third-order valence-electron chi connectivity index (χ3n) is 4.07. The Hall–Kier alpha value is -0.610. The van der Waals surface area contributed by atoms with Gasteiger partial charge in [-0.05, 0) is 38.6 Å². The molecule has 0 radical (unpaired) electrons. The van der Waals surface area contributed by atoms with Crippen LogP contribution in [0.4, 0.5) is 0 Å². The van der Waals surface area contributed by atoms with E-state index in [1.54, 1.807) is 0 Å². The number of likely N-dealkylation sites (tertiary alicyclic amines) is 2. The van der Waals surface area contributed by atoms with Gasteiger partial charge in [0.05, 0.1) is 6.54 Å². The molecule has 17 heavy (non-hydrogen) atoms. The van der Waals surface area contributed by atoms with Gasteiger partial charge in [0.15, 0.2) is 0 Å². The number of piperidine rings is 2. The maximum atomic E-state index is 12.2. The SMILES string of the molecule is NCC1CCCCN1CC(=O)N1CCCCC1. The molecule has 2 aliphatic heterocycles. The Morgan fingerprint density at radius 3 is 2.47 bits per heavy atom. The van der Waals surface area contributed by atoms with E-state index in [2.05, 4.69) is 4.90 Å². The van der Waals surface area contributed by atoms with Crippen molar-refractivity contribution in [2.45, 2.75) is 44.6 Å². The summed E-state index contributed by atoms with van der Waals surface area (Å²) in [5.41, 5.74) is 5.78. The summed E-state index contributed by atoms with van der Waals surface area (Å²) >= 11 is 0. The van der Waals surface area contributed by atoms with Crippen molar-refractivity contribution in [3.05, 3.63) is 0 Å². The highest BCUT2D eigenvalue weighted by molar-refractivity contribution is 5.78. The first-order chi connectivity index (χ1) is 8.31. The summed E-state index contributed by atoms with van der Waals surface area (Å²) < 4.78 is 0. The van der Waals surface area contributed by atoms with E-state index in [-0.39, 0.29) is 0 Å². The molecule has 2 fully saturated rings. The number of amides is 1. The standard InChI is InChI=1S/C13H25N3O/c14-10-12-6-2-5-9-16(12)11-13(17)15-7-3-1-4-8-15/h12H,1-11,14H2. The Kier molecular flexibility index (Phi) is 4.80. The molecule has 1 atom stereocenters. The monoisotopic (exact) mass is 239 g/mol. The van der Waals surface area contributed by atoms with Crippen LogP contribution in [-0.2, 0) is 4.79 Å². The highest BCUT2D eigenvalue weighted by Gasteiger charge is 2.25. The van der Waals surface area contributed by atoms with Crippen LogP contribution in [0.3, 0.4) is 0 Å². The van der Waals surface area contributed by atoms with Crippen molar-refractivity contribution in [3.8, 4) is 0 Å². The first kappa shape index (κ1) is 12.8. The highest BCUT2D eigenvalue weighted by atomic mass is 16.2. The van der Waals surface area contributed by atoms with Crippen LogP contribution in [0.5, 0.6) is 0 Å². The Bertz CT molecular complexity index is 251. The zero-order chi connectivity index (χ0) is 12.1. The Balaban J connectivity index is 1.83. The molecular weight excluding hydrogens is 214 g/mol. The molecule has 2 saturated heterocycles. The highest BCUT2D eigenvalue weighted by Crippen LogP contribution is 2.17. The molecule has 1 amide bonds. The van der Waals surface area contributed by atoms with Crippen LogP contribution in [0.1, 0.15) is 38.5 Å². The lowest BCUT2D eigenvalue weighted by Gasteiger charge is -2.36. The fourth-order valence-electron chi connectivity index (χ4n) is 2.95. The third-order valence-corrected chi connectivity index (χ3v) is 4.07. The second-order valence-electron chi connectivity index (χ2n) is 5.30. The van der Waals surface area contributed by atoms with Crippen LogP contribution in [0, 0.1) is 0 Å². The van der Waals surface area contributed by atoms with E-state index in [0.29, 0.717) is 25.0 Å². The first-order valence-electron chi connectivity index (χ1n) is 7.03. The molecule has 2 N–H and O–H groups in total. The van der Waals surface area contributed by atoms with Gasteiger partial charge in [0.1, 0.15) is 0 Å². The van der Waals surface area contributed by atoms with E-state index in [1.165, 1.54) is 32.1 Å². The summed E-state index contributed by atoms with van der Waals surface area (Å²) in [5, 5.41) is 0. The largest absolute Gasteiger partial charge is 0.342 e. The third kappa shape index (κ3) is 3.42. The lowest BCUT2D eigenvalue weighted by Crippen LogP contribution is -2.50. The van der Waals surface area contributed by atoms with Crippen LogP contribution < -0.4 is 5.73 Å². The number of hydrogen-bond acceptors (Lipinski definition) is 3. The van der Waals surface area contributed by atoms with Crippen LogP contribution in [0.2, 0.25) is 0 Å². The molecule has 0 aromatic heterocycles. The fourth-order valence-corrected chi connectivity index (χ4v) is 2.95. The van der Waals surface area contributed by atoms with Crippen LogP contribution in [-0.4, -0.2) is 54.5 Å². The van der Waals surface area contributed by atoms with Crippen LogP contribution >= 0.6 is 0 Å². The Morgan fingerprint density at radius 2 is 1.76 bits per heavy atom. The minimum atomic E-state index is 0.310. The van der Waals surface area contributed by atoms with Gasteiger partial charge >= 0.3 is 0 Å². The van der Waals surface area contributed by atoms with Gasteiger partial charge < -0.3 is 10.6 Å². The number of nitrogens with zero attached hydrogens (tertiary/aromatic N) is 2. The maximum Gasteiger partial charge on any atom is 0.236 e. The van der Waals surface area contributed by atoms with Crippen LogP contribution in [0.15, 0.2) is 0 Å². The van der Waals surface area contributed by atoms with Gasteiger partial charge in [-0.2, -0.15) is 0 Å². The average molecular weight is 239 g/mol. The maximum absolute atomic E-state index is 12.2. The van der Waals surface area contributed by atoms with E-state index in [0.717, 1.165) is 26.1 Å². The zero-order valence-electron chi connectivity index (χ0n) is 10.7. The Morgan fingerprint density at radius 1 is 1.06 bits per heavy atom. The van der Waals surface area contributed by atoms with Crippen molar-refractivity contribution in [1.82, 2.24) is 9.80 Å². The molecule has 1 unspecified atom stereocenters. The minimum absolute atomic E-state index is 0.310. The molecule has 4 nitrogen and oxygen atoms in total. The average Bonchev–Trinajstić information content (AvgIpc) is 2.40. The number of carbonyl (C=O) groups excluding carboxylic acids is 1. The predicted molar refractivity (Wildman–Crippen MR) is 68.7 cm³/mol. The first-order valence-corrected chi connectivity index (χ1v) is 7.03. The second kappa shape index (κ2) is 6.36. The van der Waals surface area contributed by atoms with Gasteiger partial charge in [-0.25, -0.2) is 0 Å². The van der Waals surface area contributed by atoms with Crippen molar-refractivity contribution in [2.75, 3.05) is 32.7 Å². The summed E-state index contributed by atoms with van der Waals surface area (Å²) in [6, 6.07) is 0.428. The molecule has 0 bridgehead atoms. The zero-order valence-corrected chi connectivity index (χ0v) is 10.7. The molecule has 0 aliphatic carbocycles. The van der Waals surface area contributed by atoms with Gasteiger partial charge in [-0.1, -0.05) is 6.42 Å². The van der Waals surface area contributed by atoms with Gasteiger partial charge in [0.2, 0.25) is 5.91 Å². The molecule has 0 aromatic rings. The van der Waals surface area contributed by atoms with E-state index >= 15 is 0 Å². The van der Waals surface area contributed by atoms with E-state index in [4.69, 9.17) is 5.73 Å². The normalized spacial score (nSPS) is 27.1. The van der Waals surface area contributed by atoms with Crippen LogP contribution in [0.25, 0.3) is 0 Å². The minimum Gasteiger partial charge on any atom is -0.342 e. The summed E-state index contributed by atoms with van der Waals surface area (Å²) in [6.07, 6.45) is 7.25. The number of rotatable bonds is 3. The number of nitrogens with two attached hydrogens (primary N) is 1. The van der Waals surface area contributed by atoms with Gasteiger partial charge in [0.25, 0.3) is 0 Å². The summed E-state index contributed by atoms with van der Waals surface area (Å²) in [6.45, 7) is 4.23. The molecule has 2 heterocycles. The number of carbonyl (C=O) groups is 1. The van der Waals surface area contributed by atoms with Crippen molar-refractivity contribution in [2.24, 2.45) is 5.73 Å². The second-order valence-corrected chi connectivity index (χ2v) is 5.30. The lowest BCUT2D eigenvalue weighted by molar-refractivity contribution is -0.134. The smallest absolute Gasteiger partial charge is 0.236 e. The molecule has 0 saturated carbocycles. The van der Waals surface area contributed by atoms with Crippen molar-refractivity contribution in [3.63, 3.8) is 0 Å². The van der Waals surface area contributed by atoms with Crippen molar-refractivity contribution >= 4 is 5.91 Å². The molecule has 2 aliphatic rings. The predicted octanol–water partition coefficient (Wildman–Crippen LogP) is 0.812. The quantitative estimate of drug-likeness (QED) is 0.793. The summed E-state index contributed by atoms with van der Waals surface area (Å²) in [4.78, 5) is 16.5. The molecule has 2 rings (SSSR count). The molecular formula is C13H25N3O. The lowest BCUT2D eigenvalue weighted by atomic mass is 10.0. The molecule has 0 aromatic carbocycles. The molecule has 0 spiro atoms. The van der Waals surface area contributed by atoms with Gasteiger partial charge in [-0.15, -0.1) is 0 Å². The van der Waals surface area contributed by atoms with E-state index in [9.17, 15) is 4.79 Å². The topological polar surface area (TPSA) is 49.6 Å².